The van der Waals surface area contributed by atoms with Gasteiger partial charge in [0, 0.05) is 5.02 Å². The van der Waals surface area contributed by atoms with Crippen LogP contribution in [0.5, 0.6) is 0 Å². The zero-order valence-corrected chi connectivity index (χ0v) is 16.4. The molecule has 0 radical (unpaired) electrons. The van der Waals surface area contributed by atoms with Crippen molar-refractivity contribution in [2.24, 2.45) is 0 Å². The highest BCUT2D eigenvalue weighted by molar-refractivity contribution is 6.31. The Labute approximate surface area is 167 Å². The Hall–Kier alpha value is -2.93. The topological polar surface area (TPSA) is 86.1 Å². The maximum atomic E-state index is 12.7. The average molecular weight is 401 g/mol. The van der Waals surface area contributed by atoms with Crippen LogP contribution in [0.15, 0.2) is 48.5 Å². The van der Waals surface area contributed by atoms with Crippen molar-refractivity contribution in [1.29, 1.82) is 0 Å². The van der Waals surface area contributed by atoms with Crippen LogP contribution in [-0.2, 0) is 20.9 Å². The van der Waals surface area contributed by atoms with Gasteiger partial charge in [0.05, 0.1) is 24.1 Å². The third-order valence-corrected chi connectivity index (χ3v) is 4.41. The first-order valence-electron chi connectivity index (χ1n) is 8.95. The van der Waals surface area contributed by atoms with Gasteiger partial charge in [0.15, 0.2) is 0 Å². The number of hydrogen-bond donors (Lipinski definition) is 1. The summed E-state index contributed by atoms with van der Waals surface area (Å²) in [6.45, 7) is 3.52. The standard InChI is InChI=1S/C20H21ClN4O3/c1-13(2)28-20(27)11-17(14-7-3-4-8-15(14)21)22-19(26)12-25-18-10-6-5-9-16(18)23-24-25/h3-10,13,17H,11-12H2,1-2H3,(H,22,26)/t17-/m0/s1. The van der Waals surface area contributed by atoms with Crippen LogP contribution >= 0.6 is 11.6 Å². The monoisotopic (exact) mass is 400 g/mol. The molecule has 0 unspecified atom stereocenters. The lowest BCUT2D eigenvalue weighted by molar-refractivity contribution is -0.148. The summed E-state index contributed by atoms with van der Waals surface area (Å²) in [5, 5.41) is 11.4. The fraction of sp³-hybridized carbons (Fsp3) is 0.300. The van der Waals surface area contributed by atoms with Crippen molar-refractivity contribution >= 4 is 34.5 Å². The molecule has 1 heterocycles. The molecule has 8 heteroatoms. The molecule has 1 amide bonds. The molecule has 1 N–H and O–H groups in total. The van der Waals surface area contributed by atoms with Gasteiger partial charge in [0.2, 0.25) is 5.91 Å². The second-order valence-electron chi connectivity index (χ2n) is 6.62. The van der Waals surface area contributed by atoms with Crippen LogP contribution in [0.2, 0.25) is 5.02 Å². The summed E-state index contributed by atoms with van der Waals surface area (Å²) < 4.78 is 6.74. The Kier molecular flexibility index (Phi) is 6.26. The molecule has 7 nitrogen and oxygen atoms in total. The van der Waals surface area contributed by atoms with Gasteiger partial charge in [-0.1, -0.05) is 47.1 Å². The lowest BCUT2D eigenvalue weighted by atomic mass is 10.0. The first-order valence-corrected chi connectivity index (χ1v) is 9.33. The number of amides is 1. The van der Waals surface area contributed by atoms with E-state index in [-0.39, 0.29) is 25.0 Å². The number of para-hydroxylation sites is 1. The molecule has 1 atom stereocenters. The number of fused-ring (bicyclic) bond motifs is 1. The lowest BCUT2D eigenvalue weighted by Crippen LogP contribution is -2.34. The fourth-order valence-corrected chi connectivity index (χ4v) is 3.15. The van der Waals surface area contributed by atoms with Gasteiger partial charge in [-0.15, -0.1) is 5.10 Å². The van der Waals surface area contributed by atoms with E-state index in [0.717, 1.165) is 5.52 Å². The number of halogens is 1. The Morgan fingerprint density at radius 3 is 2.61 bits per heavy atom. The Morgan fingerprint density at radius 2 is 1.86 bits per heavy atom. The summed E-state index contributed by atoms with van der Waals surface area (Å²) in [6.07, 6.45) is -0.261. The van der Waals surface area contributed by atoms with Gasteiger partial charge in [-0.3, -0.25) is 9.59 Å². The second kappa shape index (κ2) is 8.84. The van der Waals surface area contributed by atoms with Gasteiger partial charge in [-0.2, -0.15) is 0 Å². The van der Waals surface area contributed by atoms with E-state index in [0.29, 0.717) is 16.1 Å². The van der Waals surface area contributed by atoms with E-state index in [2.05, 4.69) is 15.6 Å². The van der Waals surface area contributed by atoms with E-state index in [1.165, 1.54) is 4.68 Å². The van der Waals surface area contributed by atoms with Gasteiger partial charge in [0.25, 0.3) is 0 Å². The summed E-state index contributed by atoms with van der Waals surface area (Å²) in [4.78, 5) is 24.8. The summed E-state index contributed by atoms with van der Waals surface area (Å²) >= 11 is 6.28. The van der Waals surface area contributed by atoms with E-state index >= 15 is 0 Å². The molecule has 0 aliphatic carbocycles. The minimum atomic E-state index is -0.609. The molecule has 2 aromatic carbocycles. The van der Waals surface area contributed by atoms with Crippen LogP contribution in [0.1, 0.15) is 31.9 Å². The third kappa shape index (κ3) is 4.86. The van der Waals surface area contributed by atoms with Crippen molar-refractivity contribution in [2.75, 3.05) is 0 Å². The molecular weight excluding hydrogens is 380 g/mol. The molecule has 0 saturated heterocycles. The molecule has 3 aromatic rings. The molecule has 0 fully saturated rings. The van der Waals surface area contributed by atoms with Gasteiger partial charge in [-0.25, -0.2) is 4.68 Å². The number of carbonyl (C=O) groups excluding carboxylic acids is 2. The molecule has 28 heavy (non-hydrogen) atoms. The second-order valence-corrected chi connectivity index (χ2v) is 7.03. The average Bonchev–Trinajstić information content (AvgIpc) is 3.04. The highest BCUT2D eigenvalue weighted by Crippen LogP contribution is 2.25. The summed E-state index contributed by atoms with van der Waals surface area (Å²) in [6, 6.07) is 13.9. The minimum absolute atomic E-state index is 0.0221. The minimum Gasteiger partial charge on any atom is -0.463 e. The van der Waals surface area contributed by atoms with Crippen molar-refractivity contribution in [1.82, 2.24) is 20.3 Å². The van der Waals surface area contributed by atoms with Crippen molar-refractivity contribution in [3.63, 3.8) is 0 Å². The van der Waals surface area contributed by atoms with Crippen molar-refractivity contribution in [3.8, 4) is 0 Å². The zero-order valence-electron chi connectivity index (χ0n) is 15.6. The molecule has 0 saturated carbocycles. The number of rotatable bonds is 7. The van der Waals surface area contributed by atoms with Crippen molar-refractivity contribution in [2.45, 2.75) is 39.0 Å². The van der Waals surface area contributed by atoms with E-state index in [1.54, 1.807) is 38.1 Å². The van der Waals surface area contributed by atoms with E-state index in [1.807, 2.05) is 24.3 Å². The van der Waals surface area contributed by atoms with Crippen LogP contribution in [0.25, 0.3) is 11.0 Å². The maximum Gasteiger partial charge on any atom is 0.308 e. The molecule has 0 spiro atoms. The first kappa shape index (κ1) is 19.8. The van der Waals surface area contributed by atoms with Crippen LogP contribution in [0, 0.1) is 0 Å². The SMILES string of the molecule is CC(C)OC(=O)C[C@H](NC(=O)Cn1nnc2ccccc21)c1ccccc1Cl. The quantitative estimate of drug-likeness (QED) is 0.615. The fourth-order valence-electron chi connectivity index (χ4n) is 2.88. The van der Waals surface area contributed by atoms with Crippen LogP contribution < -0.4 is 5.32 Å². The molecule has 0 aliphatic rings. The first-order chi connectivity index (χ1) is 13.4. The van der Waals surface area contributed by atoms with Crippen molar-refractivity contribution < 1.29 is 14.3 Å². The highest BCUT2D eigenvalue weighted by Gasteiger charge is 2.22. The van der Waals surface area contributed by atoms with Crippen molar-refractivity contribution in [3.05, 3.63) is 59.1 Å². The molecule has 1 aromatic heterocycles. The van der Waals surface area contributed by atoms with E-state index in [9.17, 15) is 9.59 Å². The molecule has 0 bridgehead atoms. The van der Waals surface area contributed by atoms with Crippen LogP contribution in [0.4, 0.5) is 0 Å². The van der Waals surface area contributed by atoms with Gasteiger partial charge in [0.1, 0.15) is 12.1 Å². The normalized spacial score (nSPS) is 12.1. The predicted octanol–water partition coefficient (Wildman–Crippen LogP) is 3.28. The molecule has 0 aliphatic heterocycles. The Balaban J connectivity index is 1.77. The Bertz CT molecular complexity index is 986. The number of esters is 1. The largest absolute Gasteiger partial charge is 0.463 e. The number of aromatic nitrogens is 3. The third-order valence-electron chi connectivity index (χ3n) is 4.07. The van der Waals surface area contributed by atoms with E-state index < -0.39 is 12.0 Å². The molecule has 146 valence electrons. The summed E-state index contributed by atoms with van der Waals surface area (Å²) in [5.41, 5.74) is 2.12. The summed E-state index contributed by atoms with van der Waals surface area (Å²) in [5.74, 6) is -0.718. The smallest absolute Gasteiger partial charge is 0.308 e. The van der Waals surface area contributed by atoms with Crippen LogP contribution in [-0.4, -0.2) is 33.0 Å². The molecule has 3 rings (SSSR count). The van der Waals surface area contributed by atoms with Gasteiger partial charge < -0.3 is 10.1 Å². The predicted molar refractivity (Wildman–Crippen MR) is 106 cm³/mol. The summed E-state index contributed by atoms with van der Waals surface area (Å²) in [7, 11) is 0. The van der Waals surface area contributed by atoms with Gasteiger partial charge in [-0.05, 0) is 37.6 Å². The number of ether oxygens (including phenoxy) is 1. The van der Waals surface area contributed by atoms with E-state index in [4.69, 9.17) is 16.3 Å². The Morgan fingerprint density at radius 1 is 1.14 bits per heavy atom. The lowest BCUT2D eigenvalue weighted by Gasteiger charge is -2.20. The maximum absolute atomic E-state index is 12.7. The number of nitrogens with zero attached hydrogens (tertiary/aromatic N) is 3. The van der Waals surface area contributed by atoms with Crippen LogP contribution in [0.3, 0.4) is 0 Å². The zero-order chi connectivity index (χ0) is 20.1. The van der Waals surface area contributed by atoms with Gasteiger partial charge >= 0.3 is 5.97 Å². The number of hydrogen-bond acceptors (Lipinski definition) is 5. The number of carbonyl (C=O) groups is 2. The highest BCUT2D eigenvalue weighted by atomic mass is 35.5. The number of benzene rings is 2. The number of nitrogens with one attached hydrogen (secondary N) is 1. The molecular formula is C20H21ClN4O3.